The van der Waals surface area contributed by atoms with E-state index in [4.69, 9.17) is 0 Å². The minimum Gasteiger partial charge on any atom is -0.322 e. The van der Waals surface area contributed by atoms with Gasteiger partial charge >= 0.3 is 0 Å². The molecule has 1 fully saturated rings. The van der Waals surface area contributed by atoms with Crippen LogP contribution in [-0.2, 0) is 12.8 Å². The summed E-state index contributed by atoms with van der Waals surface area (Å²) in [6, 6.07) is 10.1. The van der Waals surface area contributed by atoms with Crippen LogP contribution in [0.5, 0.6) is 0 Å². The number of fused-ring (bicyclic) bond motifs is 1. The van der Waals surface area contributed by atoms with Gasteiger partial charge in [-0.2, -0.15) is 5.10 Å². The van der Waals surface area contributed by atoms with Crippen LogP contribution in [-0.4, -0.2) is 21.6 Å². The Morgan fingerprint density at radius 3 is 2.47 bits per heavy atom. The number of rotatable bonds is 6. The Bertz CT molecular complexity index is 1190. The Morgan fingerprint density at radius 1 is 0.971 bits per heavy atom. The van der Waals surface area contributed by atoms with Crippen molar-refractivity contribution in [1.82, 2.24) is 9.78 Å². The molecule has 5 rings (SSSR count). The van der Waals surface area contributed by atoms with E-state index < -0.39 is 0 Å². The number of amides is 2. The van der Waals surface area contributed by atoms with Gasteiger partial charge in [-0.3, -0.25) is 14.3 Å². The Morgan fingerprint density at radius 2 is 1.74 bits per heavy atom. The minimum atomic E-state index is -0.239. The van der Waals surface area contributed by atoms with Crippen LogP contribution in [0.15, 0.2) is 36.5 Å². The fourth-order valence-corrected chi connectivity index (χ4v) is 6.56. The smallest absolute Gasteiger partial charge is 0.274 e. The van der Waals surface area contributed by atoms with Crippen LogP contribution in [0.1, 0.15) is 101 Å². The first-order chi connectivity index (χ1) is 16.5. The summed E-state index contributed by atoms with van der Waals surface area (Å²) in [6.07, 6.45) is 11.0. The molecule has 34 heavy (non-hydrogen) atoms. The Labute approximate surface area is 204 Å². The van der Waals surface area contributed by atoms with Gasteiger partial charge in [0.2, 0.25) is 0 Å². The van der Waals surface area contributed by atoms with Crippen molar-refractivity contribution in [3.8, 4) is 0 Å². The number of anilines is 2. The molecule has 178 valence electrons. The molecule has 2 heterocycles. The normalized spacial score (nSPS) is 16.0. The molecule has 1 saturated carbocycles. The molecule has 7 heteroatoms. The van der Waals surface area contributed by atoms with E-state index >= 15 is 0 Å². The standard InChI is InChI=1S/C27H32N4O2S/c1-17(2)31-22(15-16-28-31)25(32)30-27-24(21-9-6-10-23(21)34-27)26(33)29-20-13-11-19(12-14-20)18-7-4-3-5-8-18/h11-18H,3-10H2,1-2H3,(H,29,33)(H,30,32). The summed E-state index contributed by atoms with van der Waals surface area (Å²) in [5.74, 6) is 0.245. The highest BCUT2D eigenvalue weighted by Crippen LogP contribution is 2.40. The number of carbonyl (C=O) groups is 2. The molecule has 0 unspecified atom stereocenters. The third-order valence-corrected chi connectivity index (χ3v) is 8.22. The van der Waals surface area contributed by atoms with Gasteiger partial charge in [0, 0.05) is 22.8 Å². The molecule has 0 bridgehead atoms. The maximum Gasteiger partial charge on any atom is 0.274 e. The van der Waals surface area contributed by atoms with Crippen LogP contribution in [0.25, 0.3) is 0 Å². The summed E-state index contributed by atoms with van der Waals surface area (Å²) in [7, 11) is 0. The van der Waals surface area contributed by atoms with Crippen LogP contribution < -0.4 is 10.6 Å². The van der Waals surface area contributed by atoms with Crippen molar-refractivity contribution in [2.45, 2.75) is 77.2 Å². The Kier molecular flexibility index (Phi) is 6.55. The number of thiophene rings is 1. The van der Waals surface area contributed by atoms with Crippen molar-refractivity contribution < 1.29 is 9.59 Å². The number of benzene rings is 1. The lowest BCUT2D eigenvalue weighted by Gasteiger charge is -2.22. The molecule has 0 saturated heterocycles. The molecule has 3 aromatic rings. The Hall–Kier alpha value is -2.93. The first-order valence-corrected chi connectivity index (χ1v) is 13.2. The maximum absolute atomic E-state index is 13.4. The molecule has 2 aliphatic rings. The van der Waals surface area contributed by atoms with Crippen LogP contribution >= 0.6 is 11.3 Å². The third kappa shape index (κ3) is 4.53. The SMILES string of the molecule is CC(C)n1nccc1C(=O)Nc1sc2c(c1C(=O)Nc1ccc(C3CCCCC3)cc1)CCC2. The highest BCUT2D eigenvalue weighted by Gasteiger charge is 2.28. The third-order valence-electron chi connectivity index (χ3n) is 7.01. The second-order valence-corrected chi connectivity index (χ2v) is 10.8. The topological polar surface area (TPSA) is 76.0 Å². The monoisotopic (exact) mass is 476 g/mol. The molecule has 0 atom stereocenters. The summed E-state index contributed by atoms with van der Waals surface area (Å²) in [6.45, 7) is 3.98. The molecule has 2 aliphatic carbocycles. The average Bonchev–Trinajstić information content (AvgIpc) is 3.56. The largest absolute Gasteiger partial charge is 0.322 e. The maximum atomic E-state index is 13.4. The number of aromatic nitrogens is 2. The van der Waals surface area contributed by atoms with E-state index in [2.05, 4.69) is 27.9 Å². The first-order valence-electron chi connectivity index (χ1n) is 12.4. The van der Waals surface area contributed by atoms with Gasteiger partial charge in [-0.05, 0) is 81.2 Å². The van der Waals surface area contributed by atoms with Crippen molar-refractivity contribution >= 4 is 33.8 Å². The molecule has 0 spiro atoms. The van der Waals surface area contributed by atoms with Gasteiger partial charge in [-0.1, -0.05) is 31.4 Å². The van der Waals surface area contributed by atoms with Crippen LogP contribution in [0, 0.1) is 0 Å². The summed E-state index contributed by atoms with van der Waals surface area (Å²) in [5, 5.41) is 11.0. The molecule has 2 amide bonds. The van der Waals surface area contributed by atoms with E-state index in [1.54, 1.807) is 16.9 Å². The van der Waals surface area contributed by atoms with Gasteiger partial charge in [-0.15, -0.1) is 11.3 Å². The number of nitrogens with one attached hydrogen (secondary N) is 2. The number of hydrogen-bond acceptors (Lipinski definition) is 4. The molecule has 1 aromatic carbocycles. The zero-order chi connectivity index (χ0) is 23.7. The average molecular weight is 477 g/mol. The van der Waals surface area contributed by atoms with Gasteiger partial charge in [0.25, 0.3) is 11.8 Å². The number of aryl methyl sites for hydroxylation is 1. The molecular formula is C27H32N4O2S. The highest BCUT2D eigenvalue weighted by atomic mass is 32.1. The molecule has 2 N–H and O–H groups in total. The van der Waals surface area contributed by atoms with E-state index in [1.165, 1.54) is 53.9 Å². The van der Waals surface area contributed by atoms with Crippen LogP contribution in [0.2, 0.25) is 0 Å². The lowest BCUT2D eigenvalue weighted by atomic mass is 9.84. The highest BCUT2D eigenvalue weighted by molar-refractivity contribution is 7.17. The second-order valence-electron chi connectivity index (χ2n) is 9.68. The number of carbonyl (C=O) groups excluding carboxylic acids is 2. The zero-order valence-electron chi connectivity index (χ0n) is 19.9. The van der Waals surface area contributed by atoms with Crippen molar-refractivity contribution in [3.63, 3.8) is 0 Å². The molecular weight excluding hydrogens is 444 g/mol. The van der Waals surface area contributed by atoms with Crippen LogP contribution in [0.3, 0.4) is 0 Å². The summed E-state index contributed by atoms with van der Waals surface area (Å²) >= 11 is 1.53. The number of nitrogens with zero attached hydrogens (tertiary/aromatic N) is 2. The van der Waals surface area contributed by atoms with Gasteiger partial charge in [0.1, 0.15) is 10.7 Å². The van der Waals surface area contributed by atoms with Crippen molar-refractivity contribution in [1.29, 1.82) is 0 Å². The predicted molar refractivity (Wildman–Crippen MR) is 137 cm³/mol. The fraction of sp³-hybridized carbons (Fsp3) is 0.444. The fourth-order valence-electron chi connectivity index (χ4n) is 5.27. The van der Waals surface area contributed by atoms with Crippen molar-refractivity contribution in [2.24, 2.45) is 0 Å². The second kappa shape index (κ2) is 9.74. The van der Waals surface area contributed by atoms with Gasteiger partial charge < -0.3 is 10.6 Å². The van der Waals surface area contributed by atoms with Gasteiger partial charge in [0.15, 0.2) is 0 Å². The van der Waals surface area contributed by atoms with Crippen molar-refractivity contribution in [2.75, 3.05) is 10.6 Å². The molecule has 6 nitrogen and oxygen atoms in total. The molecule has 0 radical (unpaired) electrons. The van der Waals surface area contributed by atoms with Gasteiger partial charge in [-0.25, -0.2) is 0 Å². The van der Waals surface area contributed by atoms with Gasteiger partial charge in [0.05, 0.1) is 5.56 Å². The van der Waals surface area contributed by atoms with Crippen molar-refractivity contribution in [3.05, 3.63) is 63.8 Å². The summed E-state index contributed by atoms with van der Waals surface area (Å²) in [4.78, 5) is 27.7. The number of hydrogen-bond donors (Lipinski definition) is 2. The van der Waals surface area contributed by atoms with E-state index in [0.717, 1.165) is 30.5 Å². The quantitative estimate of drug-likeness (QED) is 0.423. The minimum absolute atomic E-state index is 0.0726. The summed E-state index contributed by atoms with van der Waals surface area (Å²) in [5.41, 5.74) is 4.33. The molecule has 0 aliphatic heterocycles. The van der Waals surface area contributed by atoms with E-state index in [0.29, 0.717) is 22.2 Å². The lowest BCUT2D eigenvalue weighted by Crippen LogP contribution is -2.21. The lowest BCUT2D eigenvalue weighted by molar-refractivity contribution is 0.101. The van der Waals surface area contributed by atoms with E-state index in [-0.39, 0.29) is 17.9 Å². The molecule has 2 aromatic heterocycles. The first kappa shape index (κ1) is 22.8. The zero-order valence-corrected chi connectivity index (χ0v) is 20.7. The van der Waals surface area contributed by atoms with Crippen LogP contribution in [0.4, 0.5) is 10.7 Å². The van der Waals surface area contributed by atoms with E-state index in [1.807, 2.05) is 26.0 Å². The predicted octanol–water partition coefficient (Wildman–Crippen LogP) is 6.57. The summed E-state index contributed by atoms with van der Waals surface area (Å²) < 4.78 is 1.70. The van der Waals surface area contributed by atoms with E-state index in [9.17, 15) is 9.59 Å². The Balaban J connectivity index is 1.35.